The molecule has 0 saturated heterocycles. The summed E-state index contributed by atoms with van der Waals surface area (Å²) in [5, 5.41) is 7.07. The first-order chi connectivity index (χ1) is 18.0. The molecule has 37 heavy (non-hydrogen) atoms. The molecule has 4 aromatic carbocycles. The van der Waals surface area contributed by atoms with Gasteiger partial charge in [0.15, 0.2) is 0 Å². The highest BCUT2D eigenvalue weighted by molar-refractivity contribution is 7.89. The van der Waals surface area contributed by atoms with Crippen LogP contribution in [0.5, 0.6) is 0 Å². The second-order valence-electron chi connectivity index (χ2n) is 8.99. The molecule has 0 saturated carbocycles. The number of anilines is 1. The molecule has 0 radical (unpaired) electrons. The molecular weight excluding hydrogens is 502 g/mol. The van der Waals surface area contributed by atoms with Crippen molar-refractivity contribution in [3.05, 3.63) is 114 Å². The Balaban J connectivity index is 1.29. The third-order valence-electron chi connectivity index (χ3n) is 6.41. The summed E-state index contributed by atoms with van der Waals surface area (Å²) in [6.07, 6.45) is 3.30. The summed E-state index contributed by atoms with van der Waals surface area (Å²) in [6, 6.07) is 30.5. The Morgan fingerprint density at radius 1 is 0.811 bits per heavy atom. The lowest BCUT2D eigenvalue weighted by molar-refractivity contribution is 0.397. The Morgan fingerprint density at radius 2 is 1.59 bits per heavy atom. The predicted molar refractivity (Wildman–Crippen MR) is 152 cm³/mol. The molecule has 0 atom stereocenters. The summed E-state index contributed by atoms with van der Waals surface area (Å²) in [6.45, 7) is 1.48. The first kappa shape index (κ1) is 25.2. The number of fused-ring (bicyclic) bond motifs is 2. The number of rotatable bonds is 10. The summed E-state index contributed by atoms with van der Waals surface area (Å²) >= 11 is 6.10. The van der Waals surface area contributed by atoms with Gasteiger partial charge in [-0.15, -0.1) is 0 Å². The van der Waals surface area contributed by atoms with Gasteiger partial charge in [-0.3, -0.25) is 4.98 Å². The van der Waals surface area contributed by atoms with Gasteiger partial charge in [0.25, 0.3) is 0 Å². The smallest absolute Gasteiger partial charge is 0.243 e. The van der Waals surface area contributed by atoms with Gasteiger partial charge in [0.05, 0.1) is 10.4 Å². The monoisotopic (exact) mass is 529 g/mol. The molecule has 0 aliphatic carbocycles. The fourth-order valence-corrected chi connectivity index (χ4v) is 6.13. The van der Waals surface area contributed by atoms with Crippen molar-refractivity contribution in [2.45, 2.75) is 24.3 Å². The SMILES string of the molecule is O=S(=O)(c1ccc2ccccc2c1)N(CCCCNc1ccnc2cc(Cl)ccc12)Cc1ccccc1. The molecule has 188 valence electrons. The second-order valence-corrected chi connectivity index (χ2v) is 11.4. The van der Waals surface area contributed by atoms with Crippen molar-refractivity contribution in [3.63, 3.8) is 0 Å². The second kappa shape index (κ2) is 11.3. The number of hydrogen-bond acceptors (Lipinski definition) is 4. The minimum Gasteiger partial charge on any atom is -0.384 e. The molecule has 0 fully saturated rings. The van der Waals surface area contributed by atoms with Gasteiger partial charge >= 0.3 is 0 Å². The number of nitrogens with zero attached hydrogens (tertiary/aromatic N) is 2. The van der Waals surface area contributed by atoms with Crippen molar-refractivity contribution in [1.29, 1.82) is 0 Å². The minimum atomic E-state index is -3.67. The molecule has 0 aliphatic rings. The average Bonchev–Trinajstić information content (AvgIpc) is 2.92. The zero-order valence-corrected chi connectivity index (χ0v) is 21.9. The Hall–Kier alpha value is -3.45. The van der Waals surface area contributed by atoms with Gasteiger partial charge in [-0.25, -0.2) is 8.42 Å². The molecular formula is C30H28ClN3O2S. The van der Waals surface area contributed by atoms with Gasteiger partial charge in [-0.2, -0.15) is 4.31 Å². The molecule has 0 unspecified atom stereocenters. The van der Waals surface area contributed by atoms with Crippen LogP contribution < -0.4 is 5.32 Å². The number of unbranched alkanes of at least 4 members (excludes halogenated alkanes) is 1. The van der Waals surface area contributed by atoms with Crippen molar-refractivity contribution in [3.8, 4) is 0 Å². The van der Waals surface area contributed by atoms with Crippen LogP contribution in [0.25, 0.3) is 21.7 Å². The zero-order valence-electron chi connectivity index (χ0n) is 20.3. The van der Waals surface area contributed by atoms with Crippen LogP contribution in [0.1, 0.15) is 18.4 Å². The number of hydrogen-bond donors (Lipinski definition) is 1. The Labute approximate surface area is 222 Å². The van der Waals surface area contributed by atoms with Crippen molar-refractivity contribution >= 4 is 49.0 Å². The topological polar surface area (TPSA) is 62.3 Å². The Morgan fingerprint density at radius 3 is 2.43 bits per heavy atom. The van der Waals surface area contributed by atoms with E-state index in [9.17, 15) is 8.42 Å². The molecule has 0 aliphatic heterocycles. The van der Waals surface area contributed by atoms with E-state index in [0.29, 0.717) is 23.0 Å². The van der Waals surface area contributed by atoms with E-state index < -0.39 is 10.0 Å². The fraction of sp³-hybridized carbons (Fsp3) is 0.167. The van der Waals surface area contributed by atoms with Crippen LogP contribution in [0.4, 0.5) is 5.69 Å². The van der Waals surface area contributed by atoms with Gasteiger partial charge < -0.3 is 5.32 Å². The molecule has 1 aromatic heterocycles. The molecule has 1 heterocycles. The van der Waals surface area contributed by atoms with Crippen LogP contribution in [0, 0.1) is 0 Å². The van der Waals surface area contributed by atoms with E-state index in [-0.39, 0.29) is 0 Å². The third-order valence-corrected chi connectivity index (χ3v) is 8.49. The van der Waals surface area contributed by atoms with Crippen molar-refractivity contribution in [2.75, 3.05) is 18.4 Å². The largest absolute Gasteiger partial charge is 0.384 e. The van der Waals surface area contributed by atoms with Crippen LogP contribution in [0.3, 0.4) is 0 Å². The van der Waals surface area contributed by atoms with E-state index >= 15 is 0 Å². The molecule has 5 nitrogen and oxygen atoms in total. The predicted octanol–water partition coefficient (Wildman–Crippen LogP) is 7.12. The summed E-state index contributed by atoms with van der Waals surface area (Å²) in [5.74, 6) is 0. The molecule has 0 amide bonds. The maximum absolute atomic E-state index is 13.7. The normalized spacial score (nSPS) is 11.8. The lowest BCUT2D eigenvalue weighted by Gasteiger charge is -2.23. The van der Waals surface area contributed by atoms with E-state index in [1.165, 1.54) is 0 Å². The van der Waals surface area contributed by atoms with Crippen molar-refractivity contribution < 1.29 is 8.42 Å². The van der Waals surface area contributed by atoms with Gasteiger partial charge in [-0.1, -0.05) is 72.3 Å². The van der Waals surface area contributed by atoms with Gasteiger partial charge in [0, 0.05) is 41.9 Å². The van der Waals surface area contributed by atoms with Gasteiger partial charge in [0.1, 0.15) is 0 Å². The lowest BCUT2D eigenvalue weighted by Crippen LogP contribution is -2.32. The van der Waals surface area contributed by atoms with Crippen LogP contribution >= 0.6 is 11.6 Å². The minimum absolute atomic E-state index is 0.321. The highest BCUT2D eigenvalue weighted by Crippen LogP contribution is 2.25. The molecule has 5 aromatic rings. The Bertz CT molecular complexity index is 1620. The molecule has 7 heteroatoms. The number of pyridine rings is 1. The standard InChI is InChI=1S/C30H28ClN3O2S/c31-26-13-15-28-29(16-18-33-30(28)21-26)32-17-6-7-19-34(22-23-8-2-1-3-9-23)37(35,36)27-14-12-24-10-4-5-11-25(24)20-27/h1-5,8-16,18,20-21H,6-7,17,19,22H2,(H,32,33). The van der Waals surface area contributed by atoms with Gasteiger partial charge in [0.2, 0.25) is 10.0 Å². The Kier molecular flexibility index (Phi) is 7.70. The summed E-state index contributed by atoms with van der Waals surface area (Å²) < 4.78 is 29.1. The maximum Gasteiger partial charge on any atom is 0.243 e. The first-order valence-electron chi connectivity index (χ1n) is 12.3. The number of halogens is 1. The number of aromatic nitrogens is 1. The molecule has 5 rings (SSSR count). The van der Waals surface area contributed by atoms with Crippen molar-refractivity contribution in [1.82, 2.24) is 9.29 Å². The fourth-order valence-electron chi connectivity index (χ4n) is 4.46. The summed E-state index contributed by atoms with van der Waals surface area (Å²) in [7, 11) is -3.67. The van der Waals surface area contributed by atoms with E-state index in [0.717, 1.165) is 52.3 Å². The summed E-state index contributed by atoms with van der Waals surface area (Å²) in [4.78, 5) is 4.71. The highest BCUT2D eigenvalue weighted by Gasteiger charge is 2.24. The maximum atomic E-state index is 13.7. The number of benzene rings is 4. The first-order valence-corrected chi connectivity index (χ1v) is 14.1. The molecule has 0 bridgehead atoms. The van der Waals surface area contributed by atoms with Crippen LogP contribution in [-0.2, 0) is 16.6 Å². The van der Waals surface area contributed by atoms with Crippen molar-refractivity contribution in [2.24, 2.45) is 0 Å². The highest BCUT2D eigenvalue weighted by atomic mass is 35.5. The van der Waals surface area contributed by atoms with E-state index in [4.69, 9.17) is 11.6 Å². The van der Waals surface area contributed by atoms with E-state index in [1.54, 1.807) is 22.6 Å². The number of nitrogens with one attached hydrogen (secondary N) is 1. The molecule has 1 N–H and O–H groups in total. The van der Waals surface area contributed by atoms with Crippen LogP contribution in [-0.4, -0.2) is 30.8 Å². The quantitative estimate of drug-likeness (QED) is 0.195. The summed E-state index contributed by atoms with van der Waals surface area (Å²) in [5.41, 5.74) is 2.80. The van der Waals surface area contributed by atoms with E-state index in [2.05, 4.69) is 10.3 Å². The van der Waals surface area contributed by atoms with Crippen LogP contribution in [0.2, 0.25) is 5.02 Å². The van der Waals surface area contributed by atoms with E-state index in [1.807, 2.05) is 84.9 Å². The zero-order chi connectivity index (χ0) is 25.7. The van der Waals surface area contributed by atoms with Gasteiger partial charge in [-0.05, 0) is 65.6 Å². The number of sulfonamides is 1. The average molecular weight is 530 g/mol. The molecule has 0 spiro atoms. The lowest BCUT2D eigenvalue weighted by atomic mass is 10.1. The van der Waals surface area contributed by atoms with Crippen LogP contribution in [0.15, 0.2) is 108 Å². The third kappa shape index (κ3) is 5.93.